The Morgan fingerprint density at radius 3 is 1.53 bits per heavy atom. The van der Waals surface area contributed by atoms with E-state index < -0.39 is 0 Å². The number of hydrogen-bond acceptors (Lipinski definition) is 2. The lowest BCUT2D eigenvalue weighted by molar-refractivity contribution is 1.07. The van der Waals surface area contributed by atoms with Crippen LogP contribution in [0.15, 0.2) is 206 Å². The van der Waals surface area contributed by atoms with Crippen molar-refractivity contribution in [1.29, 1.82) is 0 Å². The molecule has 12 rings (SSSR count). The van der Waals surface area contributed by atoms with Gasteiger partial charge in [0.15, 0.2) is 11.6 Å². The number of rotatable bonds is 6. The topological polar surface area (TPSA) is 45.5 Å². The summed E-state index contributed by atoms with van der Waals surface area (Å²) >= 11 is 0. The molecule has 0 aliphatic carbocycles. The molecule has 4 heterocycles. The zero-order valence-electron chi connectivity index (χ0n) is 31.3. The molecular formula is C52H34N6. The maximum absolute atomic E-state index is 4.74. The van der Waals surface area contributed by atoms with Gasteiger partial charge in [0.25, 0.3) is 0 Å². The van der Waals surface area contributed by atoms with Crippen LogP contribution in [0.5, 0.6) is 0 Å². The van der Waals surface area contributed by atoms with Crippen LogP contribution >= 0.6 is 0 Å². The molecule has 6 heteroatoms. The van der Waals surface area contributed by atoms with Gasteiger partial charge in [0.1, 0.15) is 0 Å². The molecule has 0 atom stereocenters. The lowest BCUT2D eigenvalue weighted by Gasteiger charge is -2.14. The highest BCUT2D eigenvalue weighted by Crippen LogP contribution is 2.43. The Morgan fingerprint density at radius 1 is 0.328 bits per heavy atom. The molecule has 0 radical (unpaired) electrons. The van der Waals surface area contributed by atoms with E-state index in [0.717, 1.165) is 56.6 Å². The number of fused-ring (bicyclic) bond motifs is 8. The van der Waals surface area contributed by atoms with Crippen molar-refractivity contribution < 1.29 is 0 Å². The molecule has 6 nitrogen and oxygen atoms in total. The minimum atomic E-state index is 0.795. The zero-order chi connectivity index (χ0) is 38.2. The number of nitrogens with zero attached hydrogens (tertiary/aromatic N) is 6. The smallest absolute Gasteiger partial charge is 0.168 e. The van der Waals surface area contributed by atoms with Gasteiger partial charge in [-0.25, -0.2) is 0 Å². The van der Waals surface area contributed by atoms with E-state index in [1.54, 1.807) is 0 Å². The van der Waals surface area contributed by atoms with Crippen molar-refractivity contribution in [2.45, 2.75) is 0 Å². The van der Waals surface area contributed by atoms with Crippen molar-refractivity contribution in [1.82, 2.24) is 28.5 Å². The number of benzene rings is 8. The normalized spacial score (nSPS) is 11.8. The van der Waals surface area contributed by atoms with E-state index in [4.69, 9.17) is 10.2 Å². The second-order valence-electron chi connectivity index (χ2n) is 14.8. The predicted octanol–water partition coefficient (Wildman–Crippen LogP) is 12.7. The van der Waals surface area contributed by atoms with Gasteiger partial charge in [-0.05, 0) is 78.9 Å². The van der Waals surface area contributed by atoms with E-state index in [1.807, 2.05) is 36.4 Å². The van der Waals surface area contributed by atoms with Crippen LogP contribution in [0.3, 0.4) is 0 Å². The van der Waals surface area contributed by atoms with E-state index in [0.29, 0.717) is 0 Å². The fraction of sp³-hybridized carbons (Fsp3) is 0. The molecular weight excluding hydrogens is 709 g/mol. The molecule has 12 aromatic rings. The monoisotopic (exact) mass is 742 g/mol. The van der Waals surface area contributed by atoms with Gasteiger partial charge >= 0.3 is 0 Å². The van der Waals surface area contributed by atoms with E-state index >= 15 is 0 Å². The molecule has 0 unspecified atom stereocenters. The molecule has 0 N–H and O–H groups in total. The minimum absolute atomic E-state index is 0.795. The molecule has 0 amide bonds. The second-order valence-corrected chi connectivity index (χ2v) is 14.8. The quantitative estimate of drug-likeness (QED) is 0.170. The van der Waals surface area contributed by atoms with Crippen molar-refractivity contribution in [3.63, 3.8) is 0 Å². The Balaban J connectivity index is 1.16. The maximum atomic E-state index is 4.74. The van der Waals surface area contributed by atoms with Crippen molar-refractivity contribution in [3.05, 3.63) is 206 Å². The SMILES string of the molecule is c1ccc(-c2nnc(-c3ccccc3)n2-c2ccc(-n3c4cc5c(ccn5-c5ccccc5)cc4c4ccc5c(c6ccccc6n5-c5ccccc5)c43)cc2)cc1. The summed E-state index contributed by atoms with van der Waals surface area (Å²) in [4.78, 5) is 0. The van der Waals surface area contributed by atoms with E-state index in [-0.39, 0.29) is 0 Å². The molecule has 0 aliphatic rings. The average molecular weight is 743 g/mol. The predicted molar refractivity (Wildman–Crippen MR) is 238 cm³/mol. The fourth-order valence-corrected chi connectivity index (χ4v) is 8.95. The molecule has 4 aromatic heterocycles. The lowest BCUT2D eigenvalue weighted by Crippen LogP contribution is -2.01. The van der Waals surface area contributed by atoms with E-state index in [2.05, 4.69) is 188 Å². The first-order valence-electron chi connectivity index (χ1n) is 19.6. The number of aromatic nitrogens is 6. The highest BCUT2D eigenvalue weighted by molar-refractivity contribution is 6.27. The van der Waals surface area contributed by atoms with Crippen LogP contribution in [0.1, 0.15) is 0 Å². The summed E-state index contributed by atoms with van der Waals surface area (Å²) in [6.07, 6.45) is 2.18. The summed E-state index contributed by atoms with van der Waals surface area (Å²) < 4.78 is 9.33. The molecule has 8 aromatic carbocycles. The summed E-state index contributed by atoms with van der Waals surface area (Å²) in [5, 5.41) is 15.6. The first-order chi connectivity index (χ1) is 28.8. The van der Waals surface area contributed by atoms with Gasteiger partial charge in [-0.1, -0.05) is 121 Å². The van der Waals surface area contributed by atoms with Gasteiger partial charge in [0.05, 0.1) is 27.6 Å². The molecule has 58 heavy (non-hydrogen) atoms. The third-order valence-electron chi connectivity index (χ3n) is 11.5. The molecule has 0 saturated carbocycles. The third kappa shape index (κ3) is 4.85. The lowest BCUT2D eigenvalue weighted by atomic mass is 10.1. The Bertz CT molecular complexity index is 3410. The summed E-state index contributed by atoms with van der Waals surface area (Å²) in [7, 11) is 0. The minimum Gasteiger partial charge on any atom is -0.316 e. The molecule has 0 bridgehead atoms. The molecule has 0 aliphatic heterocycles. The molecule has 0 spiro atoms. The van der Waals surface area contributed by atoms with Crippen LogP contribution in [-0.2, 0) is 0 Å². The summed E-state index contributed by atoms with van der Waals surface area (Å²) in [6, 6.07) is 71.2. The van der Waals surface area contributed by atoms with Crippen LogP contribution in [-0.4, -0.2) is 28.5 Å². The average Bonchev–Trinajstić information content (AvgIpc) is 4.08. The van der Waals surface area contributed by atoms with Crippen LogP contribution in [0, 0.1) is 0 Å². The van der Waals surface area contributed by atoms with Crippen LogP contribution in [0.25, 0.3) is 100 Å². The molecule has 0 fully saturated rings. The van der Waals surface area contributed by atoms with Gasteiger partial charge in [-0.3, -0.25) is 4.57 Å². The Labute approximate surface area is 333 Å². The van der Waals surface area contributed by atoms with Crippen LogP contribution in [0.2, 0.25) is 0 Å². The van der Waals surface area contributed by atoms with Gasteiger partial charge in [0.2, 0.25) is 0 Å². The Hall–Kier alpha value is -7.96. The first kappa shape index (κ1) is 32.3. The molecule has 272 valence electrons. The van der Waals surface area contributed by atoms with Gasteiger partial charge in [0, 0.05) is 67.0 Å². The Morgan fingerprint density at radius 2 is 0.879 bits per heavy atom. The van der Waals surface area contributed by atoms with Crippen molar-refractivity contribution in [3.8, 4) is 45.5 Å². The summed E-state index contributed by atoms with van der Waals surface area (Å²) in [6.45, 7) is 0. The first-order valence-corrected chi connectivity index (χ1v) is 19.6. The highest BCUT2D eigenvalue weighted by Gasteiger charge is 2.23. The van der Waals surface area contributed by atoms with Crippen LogP contribution < -0.4 is 0 Å². The maximum Gasteiger partial charge on any atom is 0.168 e. The zero-order valence-corrected chi connectivity index (χ0v) is 31.3. The van der Waals surface area contributed by atoms with Crippen LogP contribution in [0.4, 0.5) is 0 Å². The summed E-state index contributed by atoms with van der Waals surface area (Å²) in [5.74, 6) is 1.59. The Kier molecular flexibility index (Phi) is 7.13. The fourth-order valence-electron chi connectivity index (χ4n) is 8.95. The second kappa shape index (κ2) is 12.8. The van der Waals surface area contributed by atoms with Gasteiger partial charge in [-0.2, -0.15) is 0 Å². The number of hydrogen-bond donors (Lipinski definition) is 0. The largest absolute Gasteiger partial charge is 0.316 e. The standard InChI is InChI=1S/C52H34N6/c1-5-15-35(16-6-1)51-53-54-52(36-17-7-2-8-18-36)58(51)41-27-25-40(26-28-41)57-48-34-47-37(31-32-55(47)38-19-9-3-10-20-38)33-44(48)42-29-30-46-49(50(42)57)43-23-13-14-24-45(43)56(46)39-21-11-4-12-22-39/h1-34H. The van der Waals surface area contributed by atoms with E-state index in [1.165, 1.54) is 43.5 Å². The molecule has 0 saturated heterocycles. The highest BCUT2D eigenvalue weighted by atomic mass is 15.3. The van der Waals surface area contributed by atoms with Crippen molar-refractivity contribution in [2.24, 2.45) is 0 Å². The van der Waals surface area contributed by atoms with Gasteiger partial charge < -0.3 is 13.7 Å². The van der Waals surface area contributed by atoms with Crippen molar-refractivity contribution in [2.75, 3.05) is 0 Å². The summed E-state index contributed by atoms with van der Waals surface area (Å²) in [5.41, 5.74) is 12.2. The third-order valence-corrected chi connectivity index (χ3v) is 11.5. The van der Waals surface area contributed by atoms with Crippen molar-refractivity contribution >= 4 is 54.5 Å². The van der Waals surface area contributed by atoms with Gasteiger partial charge in [-0.15, -0.1) is 10.2 Å². The van der Waals surface area contributed by atoms with E-state index in [9.17, 15) is 0 Å². The number of para-hydroxylation sites is 3.